The van der Waals surface area contributed by atoms with E-state index in [1.165, 1.54) is 0 Å². The van der Waals surface area contributed by atoms with Crippen LogP contribution in [0.5, 0.6) is 0 Å². The Morgan fingerprint density at radius 1 is 1.15 bits per heavy atom. The Morgan fingerprint density at radius 2 is 2.00 bits per heavy atom. The topological polar surface area (TPSA) is 71.0 Å². The lowest BCUT2D eigenvalue weighted by molar-refractivity contribution is 0.102. The molecule has 3 N–H and O–H groups in total. The van der Waals surface area contributed by atoms with E-state index in [9.17, 15) is 4.79 Å². The molecule has 0 aliphatic carbocycles. The van der Waals surface area contributed by atoms with E-state index in [4.69, 9.17) is 0 Å². The van der Waals surface area contributed by atoms with E-state index in [-0.39, 0.29) is 11.8 Å². The summed E-state index contributed by atoms with van der Waals surface area (Å²) in [6, 6.07) is 15.0. The van der Waals surface area contributed by atoms with Crippen LogP contribution in [0.3, 0.4) is 0 Å². The van der Waals surface area contributed by atoms with Crippen LogP contribution in [0.2, 0.25) is 0 Å². The molecule has 6 heteroatoms. The predicted molar refractivity (Wildman–Crippen MR) is 104 cm³/mol. The zero-order chi connectivity index (χ0) is 18.5. The first kappa shape index (κ1) is 17.0. The number of nitrogens with one attached hydrogen (secondary N) is 3. The van der Waals surface area contributed by atoms with Gasteiger partial charge in [0.15, 0.2) is 0 Å². The maximum absolute atomic E-state index is 12.6. The summed E-state index contributed by atoms with van der Waals surface area (Å²) in [5.41, 5.74) is 9.19. The molecule has 1 aliphatic rings. The minimum atomic E-state index is -0.161. The van der Waals surface area contributed by atoms with Gasteiger partial charge in [-0.05, 0) is 36.4 Å². The highest BCUT2D eigenvalue weighted by Crippen LogP contribution is 2.16. The van der Waals surface area contributed by atoms with Crippen LogP contribution in [-0.2, 0) is 0 Å². The van der Waals surface area contributed by atoms with E-state index in [1.807, 2.05) is 53.2 Å². The van der Waals surface area contributed by atoms with E-state index in [0.717, 1.165) is 30.0 Å². The molecule has 0 saturated carbocycles. The second kappa shape index (κ2) is 7.87. The number of hydrazine groups is 1. The van der Waals surface area contributed by atoms with E-state index in [2.05, 4.69) is 33.0 Å². The summed E-state index contributed by atoms with van der Waals surface area (Å²) >= 11 is 0. The summed E-state index contributed by atoms with van der Waals surface area (Å²) < 4.78 is 1.89. The van der Waals surface area contributed by atoms with Gasteiger partial charge in [0.1, 0.15) is 0 Å². The summed E-state index contributed by atoms with van der Waals surface area (Å²) in [6.45, 7) is 1.67. The lowest BCUT2D eigenvalue weighted by atomic mass is 10.1. The molecule has 6 nitrogen and oxygen atoms in total. The van der Waals surface area contributed by atoms with Gasteiger partial charge in [-0.1, -0.05) is 24.0 Å². The zero-order valence-electron chi connectivity index (χ0n) is 14.6. The smallest absolute Gasteiger partial charge is 0.255 e. The van der Waals surface area contributed by atoms with Crippen molar-refractivity contribution in [3.63, 3.8) is 0 Å². The van der Waals surface area contributed by atoms with Gasteiger partial charge in [-0.15, -0.1) is 0 Å². The lowest BCUT2D eigenvalue weighted by Crippen LogP contribution is -2.21. The van der Waals surface area contributed by atoms with Gasteiger partial charge in [0, 0.05) is 53.9 Å². The fourth-order valence-electron chi connectivity index (χ4n) is 2.85. The molecule has 0 spiro atoms. The SMILES string of the molecule is O=C(Nc1cccc(-n2ccnc2)c1)c1cccc(C#CC2CNNC2)c1. The summed E-state index contributed by atoms with van der Waals surface area (Å²) in [6.07, 6.45) is 5.30. The van der Waals surface area contributed by atoms with Crippen LogP contribution in [0, 0.1) is 17.8 Å². The van der Waals surface area contributed by atoms with Gasteiger partial charge in [0.05, 0.1) is 6.33 Å². The van der Waals surface area contributed by atoms with Crippen LogP contribution in [-0.4, -0.2) is 28.5 Å². The maximum Gasteiger partial charge on any atom is 0.255 e. The number of carbonyl (C=O) groups is 1. The van der Waals surface area contributed by atoms with Crippen LogP contribution < -0.4 is 16.2 Å². The lowest BCUT2D eigenvalue weighted by Gasteiger charge is -2.08. The van der Waals surface area contributed by atoms with E-state index >= 15 is 0 Å². The van der Waals surface area contributed by atoms with Gasteiger partial charge in [-0.3, -0.25) is 15.6 Å². The average molecular weight is 357 g/mol. The standard InChI is InChI=1S/C21H19N5O/c27-21(25-19-5-2-6-20(12-19)26-10-9-22-15-26)18-4-1-3-16(11-18)7-8-17-13-23-24-14-17/h1-6,9-12,15,17,23-24H,13-14H2,(H,25,27). The molecule has 0 unspecified atom stereocenters. The molecule has 1 saturated heterocycles. The van der Waals surface area contributed by atoms with Crippen LogP contribution >= 0.6 is 0 Å². The Morgan fingerprint density at radius 3 is 2.81 bits per heavy atom. The predicted octanol–water partition coefficient (Wildman–Crippen LogP) is 2.20. The second-order valence-corrected chi connectivity index (χ2v) is 6.28. The van der Waals surface area contributed by atoms with Crippen molar-refractivity contribution >= 4 is 11.6 Å². The number of nitrogens with zero attached hydrogens (tertiary/aromatic N) is 2. The second-order valence-electron chi connectivity index (χ2n) is 6.28. The number of carbonyl (C=O) groups excluding carboxylic acids is 1. The van der Waals surface area contributed by atoms with Crippen molar-refractivity contribution in [3.8, 4) is 17.5 Å². The third-order valence-electron chi connectivity index (χ3n) is 4.27. The molecule has 1 aliphatic heterocycles. The third-order valence-corrected chi connectivity index (χ3v) is 4.27. The Labute approximate surface area is 157 Å². The van der Waals surface area contributed by atoms with E-state index < -0.39 is 0 Å². The first-order chi connectivity index (χ1) is 13.3. The average Bonchev–Trinajstić information content (AvgIpc) is 3.41. The van der Waals surface area contributed by atoms with Gasteiger partial charge in [0.25, 0.3) is 5.91 Å². The molecule has 0 atom stereocenters. The van der Waals surface area contributed by atoms with Crippen molar-refractivity contribution < 1.29 is 4.79 Å². The van der Waals surface area contributed by atoms with E-state index in [0.29, 0.717) is 5.56 Å². The number of aromatic nitrogens is 2. The fourth-order valence-corrected chi connectivity index (χ4v) is 2.85. The van der Waals surface area contributed by atoms with Crippen molar-refractivity contribution in [1.82, 2.24) is 20.4 Å². The molecule has 2 heterocycles. The Kier molecular flexibility index (Phi) is 4.97. The third kappa shape index (κ3) is 4.23. The van der Waals surface area contributed by atoms with Gasteiger partial charge < -0.3 is 9.88 Å². The number of rotatable bonds is 3. The molecular formula is C21H19N5O. The van der Waals surface area contributed by atoms with Crippen molar-refractivity contribution in [3.05, 3.63) is 78.4 Å². The molecule has 1 fully saturated rings. The van der Waals surface area contributed by atoms with Gasteiger partial charge in [0.2, 0.25) is 0 Å². The Hall–Kier alpha value is -3.40. The molecule has 0 bridgehead atoms. The molecule has 134 valence electrons. The van der Waals surface area contributed by atoms with Gasteiger partial charge >= 0.3 is 0 Å². The largest absolute Gasteiger partial charge is 0.322 e. The van der Waals surface area contributed by atoms with Crippen molar-refractivity contribution in [1.29, 1.82) is 0 Å². The molecule has 1 amide bonds. The Balaban J connectivity index is 1.48. The summed E-state index contributed by atoms with van der Waals surface area (Å²) in [5.74, 6) is 6.50. The first-order valence-electron chi connectivity index (χ1n) is 8.75. The molecule has 0 radical (unpaired) electrons. The molecular weight excluding hydrogens is 338 g/mol. The van der Waals surface area contributed by atoms with Gasteiger partial charge in [-0.2, -0.15) is 0 Å². The highest BCUT2D eigenvalue weighted by Gasteiger charge is 2.10. The molecule has 27 heavy (non-hydrogen) atoms. The minimum Gasteiger partial charge on any atom is -0.322 e. The maximum atomic E-state index is 12.6. The molecule has 3 aromatic rings. The summed E-state index contributed by atoms with van der Waals surface area (Å²) in [5, 5.41) is 2.94. The van der Waals surface area contributed by atoms with Crippen molar-refractivity contribution in [2.75, 3.05) is 18.4 Å². The quantitative estimate of drug-likeness (QED) is 0.629. The summed E-state index contributed by atoms with van der Waals surface area (Å²) in [4.78, 5) is 16.7. The number of amides is 1. The first-order valence-corrected chi connectivity index (χ1v) is 8.75. The van der Waals surface area contributed by atoms with Gasteiger partial charge in [-0.25, -0.2) is 4.98 Å². The molecule has 2 aromatic carbocycles. The highest BCUT2D eigenvalue weighted by atomic mass is 16.1. The number of hydrogen-bond acceptors (Lipinski definition) is 4. The molecule has 1 aromatic heterocycles. The molecule has 4 rings (SSSR count). The highest BCUT2D eigenvalue weighted by molar-refractivity contribution is 6.04. The number of imidazole rings is 1. The zero-order valence-corrected chi connectivity index (χ0v) is 14.6. The number of anilines is 1. The number of benzene rings is 2. The van der Waals surface area contributed by atoms with Crippen LogP contribution in [0.1, 0.15) is 15.9 Å². The number of hydrogen-bond donors (Lipinski definition) is 3. The van der Waals surface area contributed by atoms with Crippen molar-refractivity contribution in [2.45, 2.75) is 0 Å². The minimum absolute atomic E-state index is 0.161. The van der Waals surface area contributed by atoms with Crippen LogP contribution in [0.4, 0.5) is 5.69 Å². The van der Waals surface area contributed by atoms with Crippen LogP contribution in [0.25, 0.3) is 5.69 Å². The van der Waals surface area contributed by atoms with Crippen LogP contribution in [0.15, 0.2) is 67.3 Å². The monoisotopic (exact) mass is 357 g/mol. The normalized spacial score (nSPS) is 13.8. The fraction of sp³-hybridized carbons (Fsp3) is 0.143. The van der Waals surface area contributed by atoms with E-state index in [1.54, 1.807) is 18.6 Å². The summed E-state index contributed by atoms with van der Waals surface area (Å²) in [7, 11) is 0. The Bertz CT molecular complexity index is 995. The van der Waals surface area contributed by atoms with Crippen molar-refractivity contribution in [2.24, 2.45) is 5.92 Å².